The molecule has 1 unspecified atom stereocenters. The molecule has 1 aromatic carbocycles. The summed E-state index contributed by atoms with van der Waals surface area (Å²) in [6.07, 6.45) is 4.12. The first-order chi connectivity index (χ1) is 8.29. The number of methoxy groups -OCH3 is 1. The van der Waals surface area contributed by atoms with Crippen LogP contribution in [0.5, 0.6) is 5.75 Å². The summed E-state index contributed by atoms with van der Waals surface area (Å²) >= 11 is 1.78. The summed E-state index contributed by atoms with van der Waals surface area (Å²) < 4.78 is 5.12. The van der Waals surface area contributed by atoms with E-state index in [0.29, 0.717) is 5.78 Å². The number of carbonyl (C=O) groups excluding carboxylic acids is 1. The molecular weight excluding hydrogens is 232 g/mol. The molecule has 17 heavy (non-hydrogen) atoms. The fourth-order valence-electron chi connectivity index (χ4n) is 2.05. The summed E-state index contributed by atoms with van der Waals surface area (Å²) in [5.41, 5.74) is 1.26. The van der Waals surface area contributed by atoms with Crippen LogP contribution in [0, 0.1) is 0 Å². The second-order valence-electron chi connectivity index (χ2n) is 4.36. The second kappa shape index (κ2) is 6.10. The molecule has 1 atom stereocenters. The number of Topliss-reactive ketones (excluding diaryl/α,β-unsaturated/α-hetero) is 1. The maximum Gasteiger partial charge on any atom is 0.145 e. The predicted octanol–water partition coefficient (Wildman–Crippen LogP) is 3.44. The van der Waals surface area contributed by atoms with Gasteiger partial charge in [0.2, 0.25) is 0 Å². The molecule has 1 aliphatic carbocycles. The number of benzene rings is 1. The molecule has 1 aliphatic rings. The van der Waals surface area contributed by atoms with Crippen LogP contribution in [0.1, 0.15) is 31.2 Å². The van der Waals surface area contributed by atoms with Gasteiger partial charge in [0.15, 0.2) is 0 Å². The van der Waals surface area contributed by atoms with E-state index in [0.717, 1.165) is 30.8 Å². The Morgan fingerprint density at radius 1 is 1.29 bits per heavy atom. The maximum atomic E-state index is 11.7. The van der Waals surface area contributed by atoms with E-state index in [2.05, 4.69) is 12.1 Å². The normalized spacial score (nSPS) is 20.3. The highest BCUT2D eigenvalue weighted by molar-refractivity contribution is 7.99. The molecule has 2 rings (SSSR count). The molecule has 0 N–H and O–H groups in total. The number of hydrogen-bond acceptors (Lipinski definition) is 3. The average Bonchev–Trinajstić information content (AvgIpc) is 2.38. The Bertz CT molecular complexity index is 372. The van der Waals surface area contributed by atoms with Crippen molar-refractivity contribution in [2.24, 2.45) is 0 Å². The van der Waals surface area contributed by atoms with Gasteiger partial charge >= 0.3 is 0 Å². The summed E-state index contributed by atoms with van der Waals surface area (Å²) in [4.78, 5) is 11.7. The summed E-state index contributed by atoms with van der Waals surface area (Å²) in [6.45, 7) is 0. The highest BCUT2D eigenvalue weighted by atomic mass is 32.2. The van der Waals surface area contributed by atoms with Gasteiger partial charge in [-0.3, -0.25) is 4.79 Å². The molecule has 0 heterocycles. The van der Waals surface area contributed by atoms with Crippen molar-refractivity contribution in [1.29, 1.82) is 0 Å². The molecule has 0 saturated heterocycles. The minimum atomic E-state index is 0.228. The van der Waals surface area contributed by atoms with Crippen molar-refractivity contribution in [3.63, 3.8) is 0 Å². The monoisotopic (exact) mass is 250 g/mol. The van der Waals surface area contributed by atoms with Crippen molar-refractivity contribution in [2.45, 2.75) is 36.7 Å². The molecule has 0 aromatic heterocycles. The Hall–Kier alpha value is -0.960. The van der Waals surface area contributed by atoms with E-state index in [1.165, 1.54) is 12.0 Å². The zero-order valence-corrected chi connectivity index (χ0v) is 11.0. The van der Waals surface area contributed by atoms with Gasteiger partial charge in [0.05, 0.1) is 12.4 Å². The van der Waals surface area contributed by atoms with Gasteiger partial charge in [-0.2, -0.15) is 0 Å². The highest BCUT2D eigenvalue weighted by Crippen LogP contribution is 2.28. The lowest BCUT2D eigenvalue weighted by atomic mass is 9.99. The smallest absolute Gasteiger partial charge is 0.145 e. The van der Waals surface area contributed by atoms with Crippen molar-refractivity contribution in [2.75, 3.05) is 7.11 Å². The van der Waals surface area contributed by atoms with Gasteiger partial charge in [-0.25, -0.2) is 0 Å². The highest BCUT2D eigenvalue weighted by Gasteiger charge is 2.22. The molecular formula is C14H18O2S. The van der Waals surface area contributed by atoms with Gasteiger partial charge in [0.1, 0.15) is 11.5 Å². The minimum absolute atomic E-state index is 0.228. The zero-order chi connectivity index (χ0) is 12.1. The number of thioether (sulfide) groups is 1. The summed E-state index contributed by atoms with van der Waals surface area (Å²) in [5.74, 6) is 2.24. The van der Waals surface area contributed by atoms with Crippen molar-refractivity contribution in [1.82, 2.24) is 0 Å². The molecule has 92 valence electrons. The summed E-state index contributed by atoms with van der Waals surface area (Å²) in [5, 5.41) is 0.228. The van der Waals surface area contributed by atoms with E-state index < -0.39 is 0 Å². The molecule has 1 fully saturated rings. The first-order valence-electron chi connectivity index (χ1n) is 6.07. The van der Waals surface area contributed by atoms with Crippen LogP contribution in [0.4, 0.5) is 0 Å². The lowest BCUT2D eigenvalue weighted by molar-refractivity contribution is -0.119. The van der Waals surface area contributed by atoms with Crippen molar-refractivity contribution in [3.05, 3.63) is 29.8 Å². The Kier molecular flexibility index (Phi) is 4.49. The molecule has 2 nitrogen and oxygen atoms in total. The maximum absolute atomic E-state index is 11.7. The molecule has 1 aromatic rings. The summed E-state index contributed by atoms with van der Waals surface area (Å²) in [6, 6.07) is 8.08. The third-order valence-electron chi connectivity index (χ3n) is 3.11. The SMILES string of the molecule is COc1ccc(CSC2CCCCC2=O)cc1. The van der Waals surface area contributed by atoms with Crippen LogP contribution in [0.25, 0.3) is 0 Å². The third kappa shape index (κ3) is 3.50. The van der Waals surface area contributed by atoms with Crippen molar-refractivity contribution >= 4 is 17.5 Å². The Morgan fingerprint density at radius 2 is 2.06 bits per heavy atom. The average molecular weight is 250 g/mol. The summed E-state index contributed by atoms with van der Waals surface area (Å²) in [7, 11) is 1.67. The van der Waals surface area contributed by atoms with Crippen LogP contribution >= 0.6 is 11.8 Å². The van der Waals surface area contributed by atoms with Crippen LogP contribution in [-0.2, 0) is 10.5 Å². The number of rotatable bonds is 4. The second-order valence-corrected chi connectivity index (χ2v) is 5.55. The fourth-order valence-corrected chi connectivity index (χ4v) is 3.27. The largest absolute Gasteiger partial charge is 0.497 e. The van der Waals surface area contributed by atoms with Crippen molar-refractivity contribution in [3.8, 4) is 5.75 Å². The third-order valence-corrected chi connectivity index (χ3v) is 4.51. The van der Waals surface area contributed by atoms with E-state index in [1.807, 2.05) is 12.1 Å². The first kappa shape index (κ1) is 12.5. The van der Waals surface area contributed by atoms with E-state index >= 15 is 0 Å². The molecule has 3 heteroatoms. The van der Waals surface area contributed by atoms with Gasteiger partial charge in [-0.05, 0) is 30.5 Å². The molecule has 0 radical (unpaired) electrons. The van der Waals surface area contributed by atoms with Crippen LogP contribution in [-0.4, -0.2) is 18.1 Å². The Labute approximate surface area is 107 Å². The zero-order valence-electron chi connectivity index (χ0n) is 10.1. The molecule has 1 saturated carbocycles. The van der Waals surface area contributed by atoms with Gasteiger partial charge < -0.3 is 4.74 Å². The van der Waals surface area contributed by atoms with Gasteiger partial charge in [-0.1, -0.05) is 18.6 Å². The van der Waals surface area contributed by atoms with E-state index in [-0.39, 0.29) is 5.25 Å². The van der Waals surface area contributed by atoms with E-state index in [9.17, 15) is 4.79 Å². The Morgan fingerprint density at radius 3 is 2.71 bits per heavy atom. The van der Waals surface area contributed by atoms with Gasteiger partial charge in [0, 0.05) is 12.2 Å². The molecule has 0 aliphatic heterocycles. The molecule has 0 bridgehead atoms. The number of ether oxygens (including phenoxy) is 1. The number of hydrogen-bond donors (Lipinski definition) is 0. The van der Waals surface area contributed by atoms with Crippen LogP contribution in [0.2, 0.25) is 0 Å². The number of ketones is 1. The Balaban J connectivity index is 1.86. The van der Waals surface area contributed by atoms with Crippen LogP contribution in [0.15, 0.2) is 24.3 Å². The lowest BCUT2D eigenvalue weighted by Gasteiger charge is -2.19. The molecule has 0 spiro atoms. The van der Waals surface area contributed by atoms with Gasteiger partial charge in [-0.15, -0.1) is 11.8 Å². The quantitative estimate of drug-likeness (QED) is 0.819. The topological polar surface area (TPSA) is 26.3 Å². The fraction of sp³-hybridized carbons (Fsp3) is 0.500. The first-order valence-corrected chi connectivity index (χ1v) is 7.12. The predicted molar refractivity (Wildman–Crippen MR) is 71.6 cm³/mol. The van der Waals surface area contributed by atoms with Crippen molar-refractivity contribution < 1.29 is 9.53 Å². The van der Waals surface area contributed by atoms with Crippen LogP contribution < -0.4 is 4.74 Å². The standard InChI is InChI=1S/C14H18O2S/c1-16-12-8-6-11(7-9-12)10-17-14-5-3-2-4-13(14)15/h6-9,14H,2-5,10H2,1H3. The minimum Gasteiger partial charge on any atom is -0.497 e. The van der Waals surface area contributed by atoms with Gasteiger partial charge in [0.25, 0.3) is 0 Å². The number of carbonyl (C=O) groups is 1. The van der Waals surface area contributed by atoms with E-state index in [4.69, 9.17) is 4.74 Å². The van der Waals surface area contributed by atoms with Crippen LogP contribution in [0.3, 0.4) is 0 Å². The molecule has 0 amide bonds. The van der Waals surface area contributed by atoms with E-state index in [1.54, 1.807) is 18.9 Å². The lowest BCUT2D eigenvalue weighted by Crippen LogP contribution is -2.21.